The summed E-state index contributed by atoms with van der Waals surface area (Å²) < 4.78 is 5.13. The average molecular weight is 299 g/mol. The molecule has 2 unspecified atom stereocenters. The van der Waals surface area contributed by atoms with E-state index in [1.54, 1.807) is 43.3 Å². The van der Waals surface area contributed by atoms with Gasteiger partial charge in [-0.1, -0.05) is 42.5 Å². The first-order chi connectivity index (χ1) is 10.5. The van der Waals surface area contributed by atoms with Gasteiger partial charge < -0.3 is 14.7 Å². The molecule has 2 atom stereocenters. The molecule has 4 nitrogen and oxygen atoms in total. The Morgan fingerprint density at radius 2 is 1.73 bits per heavy atom. The molecule has 0 saturated carbocycles. The third-order valence-electron chi connectivity index (χ3n) is 3.85. The SMILES string of the molecule is COc1cccc(C(O)C(=O)N(C)C(C)c2ccccc2)c1. The lowest BCUT2D eigenvalue weighted by molar-refractivity contribution is -0.141. The van der Waals surface area contributed by atoms with E-state index in [0.29, 0.717) is 11.3 Å². The van der Waals surface area contributed by atoms with E-state index in [2.05, 4.69) is 0 Å². The van der Waals surface area contributed by atoms with Crippen molar-refractivity contribution in [2.24, 2.45) is 0 Å². The fourth-order valence-electron chi connectivity index (χ4n) is 2.29. The maximum absolute atomic E-state index is 12.5. The van der Waals surface area contributed by atoms with Crippen LogP contribution in [0.4, 0.5) is 0 Å². The Balaban J connectivity index is 2.15. The summed E-state index contributed by atoms with van der Waals surface area (Å²) in [7, 11) is 3.25. The molecule has 2 rings (SSSR count). The van der Waals surface area contributed by atoms with Gasteiger partial charge >= 0.3 is 0 Å². The largest absolute Gasteiger partial charge is 0.497 e. The van der Waals surface area contributed by atoms with Crippen molar-refractivity contribution in [3.63, 3.8) is 0 Å². The van der Waals surface area contributed by atoms with E-state index >= 15 is 0 Å². The number of carbonyl (C=O) groups is 1. The number of aliphatic hydroxyl groups is 1. The lowest BCUT2D eigenvalue weighted by Crippen LogP contribution is -2.33. The highest BCUT2D eigenvalue weighted by molar-refractivity contribution is 5.82. The van der Waals surface area contributed by atoms with Crippen LogP contribution in [0.1, 0.15) is 30.2 Å². The van der Waals surface area contributed by atoms with E-state index in [4.69, 9.17) is 4.74 Å². The molecular formula is C18H21NO3. The molecule has 0 spiro atoms. The molecule has 0 aromatic heterocycles. The van der Waals surface area contributed by atoms with Crippen molar-refractivity contribution in [1.82, 2.24) is 4.90 Å². The molecule has 2 aromatic rings. The predicted octanol–water partition coefficient (Wildman–Crippen LogP) is 2.95. The molecular weight excluding hydrogens is 278 g/mol. The Kier molecular flexibility index (Phi) is 5.17. The molecule has 0 fully saturated rings. The maximum Gasteiger partial charge on any atom is 0.256 e. The van der Waals surface area contributed by atoms with E-state index in [9.17, 15) is 9.90 Å². The first-order valence-electron chi connectivity index (χ1n) is 7.18. The topological polar surface area (TPSA) is 49.8 Å². The van der Waals surface area contributed by atoms with Crippen molar-refractivity contribution in [3.05, 3.63) is 65.7 Å². The first-order valence-corrected chi connectivity index (χ1v) is 7.18. The molecule has 0 heterocycles. The number of carbonyl (C=O) groups excluding carboxylic acids is 1. The highest BCUT2D eigenvalue weighted by atomic mass is 16.5. The minimum atomic E-state index is -1.20. The van der Waals surface area contributed by atoms with Gasteiger partial charge in [-0.15, -0.1) is 0 Å². The van der Waals surface area contributed by atoms with Crippen molar-refractivity contribution in [1.29, 1.82) is 0 Å². The van der Waals surface area contributed by atoms with Gasteiger partial charge in [0.15, 0.2) is 6.10 Å². The fraction of sp³-hybridized carbons (Fsp3) is 0.278. The van der Waals surface area contributed by atoms with Gasteiger partial charge in [-0.05, 0) is 30.2 Å². The minimum Gasteiger partial charge on any atom is -0.497 e. The van der Waals surface area contributed by atoms with Crippen LogP contribution in [0.2, 0.25) is 0 Å². The maximum atomic E-state index is 12.5. The van der Waals surface area contributed by atoms with Crippen LogP contribution in [-0.4, -0.2) is 30.1 Å². The van der Waals surface area contributed by atoms with Crippen molar-refractivity contribution in [3.8, 4) is 5.75 Å². The highest BCUT2D eigenvalue weighted by Crippen LogP contribution is 2.25. The third kappa shape index (κ3) is 3.46. The van der Waals surface area contributed by atoms with E-state index < -0.39 is 6.10 Å². The summed E-state index contributed by atoms with van der Waals surface area (Å²) in [6.45, 7) is 1.94. The van der Waals surface area contributed by atoms with Gasteiger partial charge in [0.2, 0.25) is 0 Å². The molecule has 0 aliphatic rings. The summed E-state index contributed by atoms with van der Waals surface area (Å²) >= 11 is 0. The lowest BCUT2D eigenvalue weighted by Gasteiger charge is -2.27. The number of nitrogens with zero attached hydrogens (tertiary/aromatic N) is 1. The van der Waals surface area contributed by atoms with E-state index in [0.717, 1.165) is 5.56 Å². The average Bonchev–Trinajstić information content (AvgIpc) is 2.59. The Morgan fingerprint density at radius 3 is 2.36 bits per heavy atom. The van der Waals surface area contributed by atoms with Crippen LogP contribution >= 0.6 is 0 Å². The Bertz CT molecular complexity index is 627. The minimum absolute atomic E-state index is 0.117. The van der Waals surface area contributed by atoms with Gasteiger partial charge in [0.05, 0.1) is 13.2 Å². The molecule has 0 bridgehead atoms. The second-order valence-corrected chi connectivity index (χ2v) is 5.21. The van der Waals surface area contributed by atoms with Crippen LogP contribution in [0.25, 0.3) is 0 Å². The summed E-state index contributed by atoms with van der Waals surface area (Å²) in [6.07, 6.45) is -1.20. The Labute approximate surface area is 131 Å². The predicted molar refractivity (Wildman–Crippen MR) is 85.6 cm³/mol. The van der Waals surface area contributed by atoms with E-state index in [1.165, 1.54) is 0 Å². The van der Waals surface area contributed by atoms with Gasteiger partial charge in [-0.2, -0.15) is 0 Å². The summed E-state index contributed by atoms with van der Waals surface area (Å²) in [5, 5.41) is 10.3. The number of hydrogen-bond donors (Lipinski definition) is 1. The Hall–Kier alpha value is -2.33. The van der Waals surface area contributed by atoms with Crippen LogP contribution in [-0.2, 0) is 4.79 Å². The standard InChI is InChI=1S/C18H21NO3/c1-13(14-8-5-4-6-9-14)19(2)18(21)17(20)15-10-7-11-16(12-15)22-3/h4-13,17,20H,1-3H3. The van der Waals surface area contributed by atoms with E-state index in [-0.39, 0.29) is 11.9 Å². The third-order valence-corrected chi connectivity index (χ3v) is 3.85. The number of benzene rings is 2. The molecule has 116 valence electrons. The van der Waals surface area contributed by atoms with Crippen LogP contribution in [0, 0.1) is 0 Å². The normalized spacial score (nSPS) is 13.3. The van der Waals surface area contributed by atoms with Crippen LogP contribution < -0.4 is 4.74 Å². The van der Waals surface area contributed by atoms with Crippen molar-refractivity contribution < 1.29 is 14.6 Å². The van der Waals surface area contributed by atoms with Gasteiger partial charge in [-0.25, -0.2) is 0 Å². The number of hydrogen-bond acceptors (Lipinski definition) is 3. The number of ether oxygens (including phenoxy) is 1. The molecule has 0 radical (unpaired) electrons. The van der Waals surface area contributed by atoms with E-state index in [1.807, 2.05) is 37.3 Å². The number of aliphatic hydroxyl groups excluding tert-OH is 1. The van der Waals surface area contributed by atoms with Crippen molar-refractivity contribution in [2.45, 2.75) is 19.1 Å². The lowest BCUT2D eigenvalue weighted by atomic mass is 10.0. The molecule has 1 amide bonds. The number of methoxy groups -OCH3 is 1. The smallest absolute Gasteiger partial charge is 0.256 e. The second-order valence-electron chi connectivity index (χ2n) is 5.21. The summed E-state index contributed by atoms with van der Waals surface area (Å²) in [4.78, 5) is 14.0. The molecule has 0 saturated heterocycles. The van der Waals surface area contributed by atoms with Crippen LogP contribution in [0.5, 0.6) is 5.75 Å². The number of likely N-dealkylation sites (N-methyl/N-ethyl adjacent to an activating group) is 1. The molecule has 0 aliphatic heterocycles. The van der Waals surface area contributed by atoms with Crippen molar-refractivity contribution in [2.75, 3.05) is 14.2 Å². The zero-order chi connectivity index (χ0) is 16.1. The second kappa shape index (κ2) is 7.09. The Morgan fingerprint density at radius 1 is 1.09 bits per heavy atom. The van der Waals surface area contributed by atoms with Crippen LogP contribution in [0.15, 0.2) is 54.6 Å². The number of amides is 1. The molecule has 22 heavy (non-hydrogen) atoms. The molecule has 4 heteroatoms. The van der Waals surface area contributed by atoms with Crippen LogP contribution in [0.3, 0.4) is 0 Å². The molecule has 0 aliphatic carbocycles. The zero-order valence-electron chi connectivity index (χ0n) is 13.1. The zero-order valence-corrected chi connectivity index (χ0v) is 13.1. The van der Waals surface area contributed by atoms with Crippen molar-refractivity contribution >= 4 is 5.91 Å². The monoisotopic (exact) mass is 299 g/mol. The summed E-state index contributed by atoms with van der Waals surface area (Å²) in [5.41, 5.74) is 1.55. The summed E-state index contributed by atoms with van der Waals surface area (Å²) in [6, 6.07) is 16.5. The van der Waals surface area contributed by atoms with Gasteiger partial charge in [0.1, 0.15) is 5.75 Å². The molecule has 2 aromatic carbocycles. The van der Waals surface area contributed by atoms with Gasteiger partial charge in [0, 0.05) is 7.05 Å². The van der Waals surface area contributed by atoms with Gasteiger partial charge in [-0.3, -0.25) is 4.79 Å². The number of rotatable bonds is 5. The molecule has 1 N–H and O–H groups in total. The highest BCUT2D eigenvalue weighted by Gasteiger charge is 2.25. The summed E-state index contributed by atoms with van der Waals surface area (Å²) in [5.74, 6) is 0.271. The van der Waals surface area contributed by atoms with Gasteiger partial charge in [0.25, 0.3) is 5.91 Å². The first kappa shape index (κ1) is 16.0. The fourth-order valence-corrected chi connectivity index (χ4v) is 2.29. The quantitative estimate of drug-likeness (QED) is 0.923.